The highest BCUT2D eigenvalue weighted by Crippen LogP contribution is 2.30. The molecule has 98 valence electrons. The predicted octanol–water partition coefficient (Wildman–Crippen LogP) is 3.74. The molecule has 1 saturated heterocycles. The van der Waals surface area contributed by atoms with Gasteiger partial charge in [-0.3, -0.25) is 4.90 Å². The topological polar surface area (TPSA) is 8.17 Å². The van der Waals surface area contributed by atoms with Gasteiger partial charge < -0.3 is 4.57 Å². The molecule has 1 unspecified atom stereocenters. The summed E-state index contributed by atoms with van der Waals surface area (Å²) >= 11 is 0. The van der Waals surface area contributed by atoms with Crippen LogP contribution in [0, 0.1) is 0 Å². The van der Waals surface area contributed by atoms with E-state index in [9.17, 15) is 0 Å². The first kappa shape index (κ1) is 11.3. The third-order valence-electron chi connectivity index (χ3n) is 4.66. The first-order valence-corrected chi connectivity index (χ1v) is 7.41. The van der Waals surface area contributed by atoms with Crippen molar-refractivity contribution in [2.75, 3.05) is 13.1 Å². The van der Waals surface area contributed by atoms with Crippen LogP contribution in [0.3, 0.4) is 0 Å². The van der Waals surface area contributed by atoms with Gasteiger partial charge in [-0.1, -0.05) is 30.7 Å². The quantitative estimate of drug-likeness (QED) is 0.750. The number of hydrogen-bond acceptors (Lipinski definition) is 1. The van der Waals surface area contributed by atoms with Crippen LogP contribution in [0.2, 0.25) is 0 Å². The molecule has 2 heteroatoms. The third-order valence-corrected chi connectivity index (χ3v) is 4.66. The van der Waals surface area contributed by atoms with Crippen LogP contribution in [0.25, 0.3) is 16.6 Å². The first-order valence-electron chi connectivity index (χ1n) is 7.41. The van der Waals surface area contributed by atoms with Crippen molar-refractivity contribution in [3.8, 4) is 0 Å². The molecule has 0 amide bonds. The van der Waals surface area contributed by atoms with Crippen LogP contribution in [0.5, 0.6) is 0 Å². The van der Waals surface area contributed by atoms with Crippen LogP contribution in [-0.4, -0.2) is 28.6 Å². The fourth-order valence-corrected chi connectivity index (χ4v) is 3.61. The Balaban J connectivity index is 1.70. The van der Waals surface area contributed by atoms with Gasteiger partial charge in [-0.15, -0.1) is 0 Å². The highest BCUT2D eigenvalue weighted by molar-refractivity contribution is 5.83. The minimum absolute atomic E-state index is 0.773. The fourth-order valence-electron chi connectivity index (χ4n) is 3.61. The van der Waals surface area contributed by atoms with E-state index >= 15 is 0 Å². The molecule has 3 heterocycles. The number of aromatic nitrogens is 1. The molecular weight excluding hydrogens is 232 g/mol. The maximum atomic E-state index is 2.65. The zero-order valence-electron chi connectivity index (χ0n) is 11.3. The Morgan fingerprint density at radius 2 is 2.00 bits per heavy atom. The van der Waals surface area contributed by atoms with Crippen molar-refractivity contribution in [1.29, 1.82) is 0 Å². The molecule has 2 aliphatic rings. The molecule has 1 fully saturated rings. The summed E-state index contributed by atoms with van der Waals surface area (Å²) < 4.78 is 2.39. The molecular formula is C17H20N2. The van der Waals surface area contributed by atoms with Gasteiger partial charge in [-0.05, 0) is 36.9 Å². The predicted molar refractivity (Wildman–Crippen MR) is 80.0 cm³/mol. The van der Waals surface area contributed by atoms with Crippen LogP contribution in [0.15, 0.2) is 42.6 Å². The lowest BCUT2D eigenvalue weighted by atomic mass is 9.95. The maximum absolute atomic E-state index is 2.65. The lowest BCUT2D eigenvalue weighted by molar-refractivity contribution is 0.160. The minimum atomic E-state index is 0.773. The Morgan fingerprint density at radius 3 is 3.00 bits per heavy atom. The second kappa shape index (κ2) is 4.53. The molecule has 0 N–H and O–H groups in total. The molecule has 2 aromatic rings. The zero-order valence-corrected chi connectivity index (χ0v) is 11.3. The number of para-hydroxylation sites is 1. The van der Waals surface area contributed by atoms with Gasteiger partial charge in [0.05, 0.1) is 5.52 Å². The zero-order chi connectivity index (χ0) is 12.7. The Morgan fingerprint density at radius 1 is 1.05 bits per heavy atom. The summed E-state index contributed by atoms with van der Waals surface area (Å²) in [5.41, 5.74) is 2.84. The molecule has 2 nitrogen and oxygen atoms in total. The van der Waals surface area contributed by atoms with Gasteiger partial charge in [0, 0.05) is 30.9 Å². The molecule has 0 spiro atoms. The lowest BCUT2D eigenvalue weighted by Gasteiger charge is -2.39. The number of hydrogen-bond donors (Lipinski definition) is 0. The SMILES string of the molecule is C1=C(n2ccc3ccccc32)CC2CCCCN2C1. The van der Waals surface area contributed by atoms with Crippen molar-refractivity contribution in [3.63, 3.8) is 0 Å². The minimum Gasteiger partial charge on any atom is -0.321 e. The maximum Gasteiger partial charge on any atom is 0.0525 e. The number of benzene rings is 1. The van der Waals surface area contributed by atoms with Gasteiger partial charge >= 0.3 is 0 Å². The monoisotopic (exact) mass is 252 g/mol. The summed E-state index contributed by atoms with van der Waals surface area (Å²) in [6, 6.07) is 11.7. The van der Waals surface area contributed by atoms with E-state index in [1.807, 2.05) is 0 Å². The van der Waals surface area contributed by atoms with E-state index in [0.29, 0.717) is 0 Å². The molecule has 1 atom stereocenters. The smallest absolute Gasteiger partial charge is 0.0525 e. The van der Waals surface area contributed by atoms with E-state index < -0.39 is 0 Å². The normalized spacial score (nSPS) is 24.2. The molecule has 1 aromatic heterocycles. The number of piperidine rings is 1. The molecule has 19 heavy (non-hydrogen) atoms. The standard InChI is InChI=1S/C17H20N2/c1-2-7-17-14(5-1)8-12-19(17)16-9-11-18-10-4-3-6-15(18)13-16/h1-2,5,7-9,12,15H,3-4,6,10-11,13H2. The van der Waals surface area contributed by atoms with Gasteiger partial charge in [-0.2, -0.15) is 0 Å². The van der Waals surface area contributed by atoms with Crippen LogP contribution in [0.1, 0.15) is 25.7 Å². The van der Waals surface area contributed by atoms with Gasteiger partial charge in [0.25, 0.3) is 0 Å². The second-order valence-corrected chi connectivity index (χ2v) is 5.79. The second-order valence-electron chi connectivity index (χ2n) is 5.79. The first-order chi connectivity index (χ1) is 9.42. The lowest BCUT2D eigenvalue weighted by Crippen LogP contribution is -2.42. The summed E-state index contributed by atoms with van der Waals surface area (Å²) in [6.45, 7) is 2.42. The highest BCUT2D eigenvalue weighted by Gasteiger charge is 2.26. The van der Waals surface area contributed by atoms with Gasteiger partial charge in [0.1, 0.15) is 0 Å². The van der Waals surface area contributed by atoms with Crippen molar-refractivity contribution in [3.05, 3.63) is 42.6 Å². The van der Waals surface area contributed by atoms with Crippen molar-refractivity contribution in [2.45, 2.75) is 31.7 Å². The average Bonchev–Trinajstić information content (AvgIpc) is 2.91. The van der Waals surface area contributed by atoms with Crippen molar-refractivity contribution < 1.29 is 0 Å². The van der Waals surface area contributed by atoms with E-state index in [2.05, 4.69) is 52.1 Å². The number of nitrogens with zero attached hydrogens (tertiary/aromatic N) is 2. The average molecular weight is 252 g/mol. The Labute approximate surface area is 114 Å². The van der Waals surface area contributed by atoms with Crippen LogP contribution >= 0.6 is 0 Å². The van der Waals surface area contributed by atoms with E-state index in [1.54, 1.807) is 0 Å². The molecule has 1 aromatic carbocycles. The molecule has 2 aliphatic heterocycles. The van der Waals surface area contributed by atoms with E-state index in [4.69, 9.17) is 0 Å². The van der Waals surface area contributed by atoms with Gasteiger partial charge in [0.2, 0.25) is 0 Å². The van der Waals surface area contributed by atoms with Crippen molar-refractivity contribution >= 4 is 16.6 Å². The molecule has 4 rings (SSSR count). The summed E-state index contributed by atoms with van der Waals surface area (Å²) in [4.78, 5) is 2.65. The number of fused-ring (bicyclic) bond motifs is 2. The summed E-state index contributed by atoms with van der Waals surface area (Å²) in [6.07, 6.45) is 10.0. The Bertz CT molecular complexity index is 623. The molecule has 0 radical (unpaired) electrons. The van der Waals surface area contributed by atoms with Crippen LogP contribution < -0.4 is 0 Å². The summed E-state index contributed by atoms with van der Waals surface area (Å²) in [5, 5.41) is 1.34. The third kappa shape index (κ3) is 1.91. The Kier molecular flexibility index (Phi) is 2.70. The highest BCUT2D eigenvalue weighted by atomic mass is 15.2. The van der Waals surface area contributed by atoms with E-state index in [-0.39, 0.29) is 0 Å². The number of rotatable bonds is 1. The Hall–Kier alpha value is -1.54. The van der Waals surface area contributed by atoms with Gasteiger partial charge in [-0.25, -0.2) is 0 Å². The van der Waals surface area contributed by atoms with E-state index in [1.165, 1.54) is 48.8 Å². The van der Waals surface area contributed by atoms with Crippen molar-refractivity contribution in [1.82, 2.24) is 9.47 Å². The summed E-state index contributed by atoms with van der Waals surface area (Å²) in [7, 11) is 0. The largest absolute Gasteiger partial charge is 0.321 e. The van der Waals surface area contributed by atoms with E-state index in [0.717, 1.165) is 12.6 Å². The fraction of sp³-hybridized carbons (Fsp3) is 0.412. The summed E-state index contributed by atoms with van der Waals surface area (Å²) in [5.74, 6) is 0. The van der Waals surface area contributed by atoms with Crippen molar-refractivity contribution in [2.24, 2.45) is 0 Å². The molecule has 0 bridgehead atoms. The van der Waals surface area contributed by atoms with Gasteiger partial charge in [0.15, 0.2) is 0 Å². The molecule has 0 saturated carbocycles. The van der Waals surface area contributed by atoms with Crippen LogP contribution in [-0.2, 0) is 0 Å². The molecule has 0 aliphatic carbocycles. The van der Waals surface area contributed by atoms with Crippen LogP contribution in [0.4, 0.5) is 0 Å².